The molecular weight excluding hydrogens is 571 g/mol. The first-order valence-electron chi connectivity index (χ1n) is 16.4. The highest BCUT2D eigenvalue weighted by molar-refractivity contribution is 6.17. The van der Waals surface area contributed by atoms with E-state index < -0.39 is 0 Å². The molecule has 3 aromatic heterocycles. The number of H-pyrrole nitrogens is 2. The van der Waals surface area contributed by atoms with Crippen LogP contribution < -0.4 is 0 Å². The molecule has 0 spiro atoms. The maximum absolute atomic E-state index is 5.19. The van der Waals surface area contributed by atoms with E-state index in [4.69, 9.17) is 4.98 Å². The van der Waals surface area contributed by atoms with Crippen LogP contribution in [0.3, 0.4) is 0 Å². The Morgan fingerprint density at radius 3 is 2.00 bits per heavy atom. The predicted molar refractivity (Wildman–Crippen MR) is 197 cm³/mol. The topological polar surface area (TPSA) is 44.5 Å². The molecule has 2 N–H and O–H groups in total. The molecule has 0 aliphatic heterocycles. The summed E-state index contributed by atoms with van der Waals surface area (Å²) in [4.78, 5) is 12.8. The first-order chi connectivity index (χ1) is 23.2. The molecule has 10 rings (SSSR count). The average Bonchev–Trinajstić information content (AvgIpc) is 3.80. The number of hydrogen-bond acceptors (Lipinski definition) is 1. The van der Waals surface area contributed by atoms with E-state index >= 15 is 0 Å². The van der Waals surface area contributed by atoms with Crippen molar-refractivity contribution in [3.8, 4) is 44.6 Å². The van der Waals surface area contributed by atoms with Crippen LogP contribution in [0.2, 0.25) is 0 Å². The van der Waals surface area contributed by atoms with E-state index in [9.17, 15) is 0 Å². The summed E-state index contributed by atoms with van der Waals surface area (Å²) >= 11 is 0. The highest BCUT2D eigenvalue weighted by atomic mass is 14.7. The lowest BCUT2D eigenvalue weighted by molar-refractivity contribution is 1.23. The Hall–Kier alpha value is -5.93. The maximum atomic E-state index is 5.19. The van der Waals surface area contributed by atoms with E-state index in [0.29, 0.717) is 0 Å². The van der Waals surface area contributed by atoms with Gasteiger partial charge in [-0.25, -0.2) is 0 Å². The number of para-hydroxylation sites is 3. The molecule has 1 aliphatic carbocycles. The zero-order valence-corrected chi connectivity index (χ0v) is 26.3. The molecule has 0 saturated heterocycles. The summed E-state index contributed by atoms with van der Waals surface area (Å²) in [7, 11) is 0. The summed E-state index contributed by atoms with van der Waals surface area (Å²) in [5, 5.41) is 4.94. The van der Waals surface area contributed by atoms with Gasteiger partial charge in [0.25, 0.3) is 0 Å². The number of benzene rings is 6. The Balaban J connectivity index is 1.32. The molecule has 3 heteroatoms. The molecule has 47 heavy (non-hydrogen) atoms. The molecule has 0 saturated carbocycles. The SMILES string of the molecule is Cc1cc2c(c(-c3c(-c4ncccc4-c4cccc5c4[nH]c4ccccc45)ccc4c3[nH]c3ccccc34)c1C)Cc1ccccc1-2. The first-order valence-corrected chi connectivity index (χ1v) is 16.4. The minimum absolute atomic E-state index is 0.918. The van der Waals surface area contributed by atoms with Gasteiger partial charge < -0.3 is 9.97 Å². The second kappa shape index (κ2) is 9.78. The molecule has 0 radical (unpaired) electrons. The largest absolute Gasteiger partial charge is 0.354 e. The highest BCUT2D eigenvalue weighted by Gasteiger charge is 2.28. The van der Waals surface area contributed by atoms with Gasteiger partial charge in [-0.3, -0.25) is 4.98 Å². The Labute approximate surface area is 272 Å². The van der Waals surface area contributed by atoms with Crippen LogP contribution in [0.5, 0.6) is 0 Å². The summed E-state index contributed by atoms with van der Waals surface area (Å²) in [6.07, 6.45) is 2.86. The van der Waals surface area contributed by atoms with Crippen molar-refractivity contribution in [2.75, 3.05) is 0 Å². The summed E-state index contributed by atoms with van der Waals surface area (Å²) in [5.74, 6) is 0. The van der Waals surface area contributed by atoms with Crippen LogP contribution in [0.25, 0.3) is 88.2 Å². The third-order valence-corrected chi connectivity index (χ3v) is 10.5. The molecule has 6 aromatic carbocycles. The molecule has 0 amide bonds. The van der Waals surface area contributed by atoms with Crippen molar-refractivity contribution in [3.05, 3.63) is 150 Å². The number of rotatable bonds is 3. The van der Waals surface area contributed by atoms with Gasteiger partial charge in [0.05, 0.1) is 16.7 Å². The molecule has 0 bridgehead atoms. The molecule has 9 aromatic rings. The molecular formula is C44H31N3. The molecule has 222 valence electrons. The van der Waals surface area contributed by atoms with Crippen LogP contribution in [-0.2, 0) is 6.42 Å². The zero-order chi connectivity index (χ0) is 31.2. The van der Waals surface area contributed by atoms with Crippen LogP contribution in [0.1, 0.15) is 22.3 Å². The number of fused-ring (bicyclic) bond motifs is 9. The van der Waals surface area contributed by atoms with E-state index in [1.54, 1.807) is 0 Å². The Bertz CT molecular complexity index is 2740. The van der Waals surface area contributed by atoms with E-state index in [2.05, 4.69) is 145 Å². The summed E-state index contributed by atoms with van der Waals surface area (Å²) in [6.45, 7) is 4.55. The van der Waals surface area contributed by atoms with Crippen LogP contribution >= 0.6 is 0 Å². The number of hydrogen-bond donors (Lipinski definition) is 2. The molecule has 3 heterocycles. The van der Waals surface area contributed by atoms with Crippen molar-refractivity contribution < 1.29 is 0 Å². The third kappa shape index (κ3) is 3.71. The molecule has 3 nitrogen and oxygen atoms in total. The lowest BCUT2D eigenvalue weighted by atomic mass is 9.84. The Kier molecular flexibility index (Phi) is 5.48. The number of aryl methyl sites for hydroxylation is 1. The lowest BCUT2D eigenvalue weighted by Gasteiger charge is -2.21. The first kappa shape index (κ1) is 26.3. The summed E-state index contributed by atoms with van der Waals surface area (Å²) in [6, 6.07) is 44.0. The minimum atomic E-state index is 0.918. The van der Waals surface area contributed by atoms with Crippen LogP contribution in [0.4, 0.5) is 0 Å². The fourth-order valence-electron chi connectivity index (χ4n) is 8.17. The Morgan fingerprint density at radius 2 is 1.17 bits per heavy atom. The molecule has 0 fully saturated rings. The molecule has 0 atom stereocenters. The van der Waals surface area contributed by atoms with Crippen molar-refractivity contribution >= 4 is 43.6 Å². The van der Waals surface area contributed by atoms with Gasteiger partial charge in [-0.05, 0) is 77.4 Å². The van der Waals surface area contributed by atoms with Crippen molar-refractivity contribution in [1.82, 2.24) is 15.0 Å². The second-order valence-corrected chi connectivity index (χ2v) is 12.9. The Morgan fingerprint density at radius 1 is 0.511 bits per heavy atom. The second-order valence-electron chi connectivity index (χ2n) is 12.9. The fourth-order valence-corrected chi connectivity index (χ4v) is 8.17. The number of nitrogens with one attached hydrogen (secondary N) is 2. The van der Waals surface area contributed by atoms with Crippen molar-refractivity contribution in [3.63, 3.8) is 0 Å². The number of nitrogens with zero attached hydrogens (tertiary/aromatic N) is 1. The molecule has 1 aliphatic rings. The van der Waals surface area contributed by atoms with Gasteiger partial charge in [-0.1, -0.05) is 103 Å². The average molecular weight is 602 g/mol. The van der Waals surface area contributed by atoms with Gasteiger partial charge in [-0.2, -0.15) is 0 Å². The third-order valence-electron chi connectivity index (χ3n) is 10.5. The number of aromatic amines is 2. The van der Waals surface area contributed by atoms with Crippen LogP contribution in [0, 0.1) is 13.8 Å². The smallest absolute Gasteiger partial charge is 0.0788 e. The van der Waals surface area contributed by atoms with Gasteiger partial charge in [0.15, 0.2) is 0 Å². The van der Waals surface area contributed by atoms with Crippen LogP contribution in [0.15, 0.2) is 128 Å². The fraction of sp³-hybridized carbons (Fsp3) is 0.0682. The monoisotopic (exact) mass is 601 g/mol. The zero-order valence-electron chi connectivity index (χ0n) is 26.3. The van der Waals surface area contributed by atoms with Crippen molar-refractivity contribution in [2.45, 2.75) is 20.3 Å². The predicted octanol–water partition coefficient (Wildman–Crippen LogP) is 11.5. The summed E-state index contributed by atoms with van der Waals surface area (Å²) < 4.78 is 0. The van der Waals surface area contributed by atoms with Gasteiger partial charge in [0, 0.05) is 61.0 Å². The minimum Gasteiger partial charge on any atom is -0.354 e. The van der Waals surface area contributed by atoms with Crippen molar-refractivity contribution in [1.29, 1.82) is 0 Å². The number of aromatic nitrogens is 3. The lowest BCUT2D eigenvalue weighted by Crippen LogP contribution is -2.00. The quantitative estimate of drug-likeness (QED) is 0.208. The highest BCUT2D eigenvalue weighted by Crippen LogP contribution is 2.50. The molecule has 0 unspecified atom stereocenters. The van der Waals surface area contributed by atoms with Crippen molar-refractivity contribution in [2.24, 2.45) is 0 Å². The van der Waals surface area contributed by atoms with E-state index in [-0.39, 0.29) is 0 Å². The van der Waals surface area contributed by atoms with E-state index in [1.807, 2.05) is 6.20 Å². The maximum Gasteiger partial charge on any atom is 0.0788 e. The van der Waals surface area contributed by atoms with Gasteiger partial charge in [0.1, 0.15) is 0 Å². The summed E-state index contributed by atoms with van der Waals surface area (Å²) in [5.41, 5.74) is 19.7. The number of pyridine rings is 1. The van der Waals surface area contributed by atoms with Crippen LogP contribution in [-0.4, -0.2) is 15.0 Å². The van der Waals surface area contributed by atoms with Gasteiger partial charge in [-0.15, -0.1) is 0 Å². The van der Waals surface area contributed by atoms with E-state index in [1.165, 1.54) is 66.1 Å². The normalized spacial score (nSPS) is 12.4. The standard InChI is InChI=1S/C44H31N3/c1-25-23-36-28-12-4-3-11-27(28)24-37(36)40(26(25)2)41-35(21-20-34-30-14-6-8-19-39(30)47-44(34)41)42-32(17-10-22-45-42)33-16-9-15-31-29-13-5-7-18-38(29)46-43(31)33/h3-23,46-47H,24H2,1-2H3. The van der Waals surface area contributed by atoms with Gasteiger partial charge in [0.2, 0.25) is 0 Å². The van der Waals surface area contributed by atoms with Gasteiger partial charge >= 0.3 is 0 Å². The van der Waals surface area contributed by atoms with E-state index in [0.717, 1.165) is 50.9 Å².